The van der Waals surface area contributed by atoms with E-state index in [0.29, 0.717) is 4.85 Å². The van der Waals surface area contributed by atoms with E-state index in [-0.39, 0.29) is 17.0 Å². The number of nitrogens with two attached hydrogens (primary N) is 1. The van der Waals surface area contributed by atoms with E-state index in [1.807, 2.05) is 0 Å². The van der Waals surface area contributed by atoms with Crippen LogP contribution in [0.4, 0.5) is 19.1 Å². The van der Waals surface area contributed by atoms with Gasteiger partial charge in [0.15, 0.2) is 0 Å². The van der Waals surface area contributed by atoms with Crippen LogP contribution in [-0.4, -0.2) is 21.7 Å². The molecule has 0 aliphatic heterocycles. The molecule has 1 heterocycles. The van der Waals surface area contributed by atoms with Crippen LogP contribution >= 0.6 is 0 Å². The van der Waals surface area contributed by atoms with Crippen LogP contribution in [0.25, 0.3) is 11.0 Å². The molecule has 0 saturated heterocycles. The molecule has 2 rings (SSSR count). The van der Waals surface area contributed by atoms with Crippen molar-refractivity contribution in [1.29, 1.82) is 0 Å². The minimum atomic E-state index is -4.80. The van der Waals surface area contributed by atoms with E-state index in [1.165, 1.54) is 6.07 Å². The molecule has 90 valence electrons. The highest BCUT2D eigenvalue weighted by molar-refractivity contribution is 5.73. The normalized spacial score (nSPS) is 11.7. The smallest absolute Gasteiger partial charge is 0.406 e. The number of nitrogen functional groups attached to an aromatic ring is 1. The van der Waals surface area contributed by atoms with Gasteiger partial charge in [0, 0.05) is 0 Å². The Morgan fingerprint density at radius 1 is 1.35 bits per heavy atom. The van der Waals surface area contributed by atoms with Gasteiger partial charge in [-0.3, -0.25) is 5.21 Å². The second-order valence-electron chi connectivity index (χ2n) is 3.06. The molecule has 17 heavy (non-hydrogen) atoms. The van der Waals surface area contributed by atoms with Crippen molar-refractivity contribution in [2.24, 2.45) is 0 Å². The molecule has 0 aliphatic carbocycles. The van der Waals surface area contributed by atoms with Crippen molar-refractivity contribution in [3.8, 4) is 5.75 Å². The first-order valence-corrected chi connectivity index (χ1v) is 4.30. The van der Waals surface area contributed by atoms with Crippen molar-refractivity contribution in [2.75, 3.05) is 5.73 Å². The summed E-state index contributed by atoms with van der Waals surface area (Å²) < 4.78 is 39.6. The topological polar surface area (TPSA) is 85.1 Å². The van der Waals surface area contributed by atoms with Crippen LogP contribution in [0.1, 0.15) is 0 Å². The molecular weight excluding hydrogens is 241 g/mol. The first-order valence-electron chi connectivity index (χ1n) is 4.30. The van der Waals surface area contributed by atoms with Gasteiger partial charge in [-0.2, -0.15) is 0 Å². The Morgan fingerprint density at radius 2 is 2.06 bits per heavy atom. The van der Waals surface area contributed by atoms with Gasteiger partial charge in [-0.05, 0) is 12.1 Å². The van der Waals surface area contributed by atoms with Crippen molar-refractivity contribution in [2.45, 2.75) is 6.36 Å². The third-order valence-electron chi connectivity index (χ3n) is 1.83. The maximum atomic E-state index is 12.0. The number of fused-ring (bicyclic) bond motifs is 1. The first-order chi connectivity index (χ1) is 7.85. The molecule has 0 amide bonds. The van der Waals surface area contributed by atoms with E-state index in [0.717, 1.165) is 12.1 Å². The lowest BCUT2D eigenvalue weighted by Gasteiger charge is -2.07. The fourth-order valence-electron chi connectivity index (χ4n) is 1.25. The maximum Gasteiger partial charge on any atom is 0.573 e. The zero-order chi connectivity index (χ0) is 12.6. The van der Waals surface area contributed by atoms with Crippen LogP contribution in [0, 0.1) is 0 Å². The van der Waals surface area contributed by atoms with Crippen LogP contribution in [0.15, 0.2) is 18.2 Å². The summed E-state index contributed by atoms with van der Waals surface area (Å²) >= 11 is 0. The molecule has 0 spiro atoms. The molecule has 0 saturated carbocycles. The summed E-state index contributed by atoms with van der Waals surface area (Å²) in [5.74, 6) is -0.689. The number of anilines is 1. The van der Waals surface area contributed by atoms with Gasteiger partial charge in [-0.1, -0.05) is 0 Å². The molecule has 0 bridgehead atoms. The molecule has 2 aromatic rings. The molecule has 3 N–H and O–H groups in total. The average Bonchev–Trinajstić information content (AvgIpc) is 2.16. The first kappa shape index (κ1) is 11.2. The monoisotopic (exact) mass is 247 g/mol. The number of alkyl halides is 3. The van der Waals surface area contributed by atoms with Gasteiger partial charge in [0.1, 0.15) is 16.1 Å². The Balaban J connectivity index is 2.51. The van der Waals surface area contributed by atoms with Crippen molar-refractivity contribution in [1.82, 2.24) is 10.1 Å². The van der Waals surface area contributed by atoms with Crippen molar-refractivity contribution in [3.63, 3.8) is 0 Å². The predicted octanol–water partition coefficient (Wildman–Crippen LogP) is 0.635. The highest BCUT2D eigenvalue weighted by Crippen LogP contribution is 2.24. The minimum absolute atomic E-state index is 0.0547. The van der Waals surface area contributed by atoms with Crippen LogP contribution in [0.3, 0.4) is 0 Å². The van der Waals surface area contributed by atoms with E-state index in [2.05, 4.69) is 14.8 Å². The number of halogens is 3. The molecule has 0 fully saturated rings. The summed E-state index contributed by atoms with van der Waals surface area (Å²) in [6.45, 7) is 0. The summed E-state index contributed by atoms with van der Waals surface area (Å²) in [6, 6.07) is 3.23. The zero-order valence-corrected chi connectivity index (χ0v) is 8.14. The van der Waals surface area contributed by atoms with Gasteiger partial charge >= 0.3 is 11.9 Å². The standard InChI is InChI=1S/C8H6F3N4O2/c9-8(10,11)17-4-1-2-5-6(3-4)15(16)14-7(12)13-5/h1-3H,(H3,12,13,14,16)/q+1. The molecule has 1 aromatic heterocycles. The third kappa shape index (κ3) is 2.44. The minimum Gasteiger partial charge on any atom is -0.406 e. The number of hydrogen-bond donors (Lipinski definition) is 2. The Morgan fingerprint density at radius 3 is 2.71 bits per heavy atom. The molecule has 9 heteroatoms. The Hall–Kier alpha value is -2.32. The van der Waals surface area contributed by atoms with Gasteiger partial charge in [-0.15, -0.1) is 13.2 Å². The van der Waals surface area contributed by atoms with Crippen LogP contribution in [-0.2, 0) is 0 Å². The highest BCUT2D eigenvalue weighted by Gasteiger charge is 2.31. The molecule has 1 aromatic carbocycles. The third-order valence-corrected chi connectivity index (χ3v) is 1.83. The summed E-state index contributed by atoms with van der Waals surface area (Å²) in [5.41, 5.74) is 5.38. The van der Waals surface area contributed by atoms with E-state index in [1.54, 1.807) is 0 Å². The SMILES string of the molecule is Nc1nc2ccc(OC(F)(F)F)cc2[n+](O)n1. The summed E-state index contributed by atoms with van der Waals surface area (Å²) in [5, 5.41) is 12.7. The Kier molecular flexibility index (Phi) is 2.37. The number of aromatic nitrogens is 3. The zero-order valence-electron chi connectivity index (χ0n) is 8.14. The second kappa shape index (κ2) is 3.61. The van der Waals surface area contributed by atoms with E-state index < -0.39 is 12.1 Å². The number of ether oxygens (including phenoxy) is 1. The van der Waals surface area contributed by atoms with Gasteiger partial charge in [0.2, 0.25) is 0 Å². The van der Waals surface area contributed by atoms with E-state index in [4.69, 9.17) is 5.73 Å². The number of hydrogen-bond acceptors (Lipinski definition) is 5. The summed E-state index contributed by atoms with van der Waals surface area (Å²) in [6.07, 6.45) is -4.80. The van der Waals surface area contributed by atoms with Gasteiger partial charge < -0.3 is 10.5 Å². The van der Waals surface area contributed by atoms with Crippen LogP contribution in [0.2, 0.25) is 0 Å². The summed E-state index contributed by atoms with van der Waals surface area (Å²) in [4.78, 5) is 4.06. The van der Waals surface area contributed by atoms with Crippen LogP contribution in [0.5, 0.6) is 5.75 Å². The van der Waals surface area contributed by atoms with Gasteiger partial charge in [0.05, 0.1) is 11.2 Å². The van der Waals surface area contributed by atoms with Gasteiger partial charge in [0.25, 0.3) is 5.95 Å². The molecule has 0 atom stereocenters. The number of rotatable bonds is 1. The van der Waals surface area contributed by atoms with Gasteiger partial charge in [-0.25, -0.2) is 4.98 Å². The lowest BCUT2D eigenvalue weighted by atomic mass is 10.3. The molecular formula is C8H6F3N4O2+. The molecule has 0 radical (unpaired) electrons. The van der Waals surface area contributed by atoms with Crippen molar-refractivity contribution in [3.05, 3.63) is 18.2 Å². The van der Waals surface area contributed by atoms with Crippen molar-refractivity contribution >= 4 is 17.0 Å². The quantitative estimate of drug-likeness (QED) is 0.570. The fraction of sp³-hybridized carbons (Fsp3) is 0.125. The highest BCUT2D eigenvalue weighted by atomic mass is 19.4. The number of benzene rings is 1. The maximum absolute atomic E-state index is 12.0. The molecule has 0 unspecified atom stereocenters. The Labute approximate surface area is 92.0 Å². The largest absolute Gasteiger partial charge is 0.573 e. The lowest BCUT2D eigenvalue weighted by Crippen LogP contribution is -2.36. The number of nitrogens with zero attached hydrogens (tertiary/aromatic N) is 3. The predicted molar refractivity (Wildman–Crippen MR) is 48.0 cm³/mol. The molecule has 0 aliphatic rings. The Bertz CT molecular complexity index is 572. The van der Waals surface area contributed by atoms with Crippen molar-refractivity contribution < 1.29 is 28.0 Å². The fourth-order valence-corrected chi connectivity index (χ4v) is 1.25. The van der Waals surface area contributed by atoms with E-state index >= 15 is 0 Å². The van der Waals surface area contributed by atoms with Crippen LogP contribution < -0.4 is 15.3 Å². The average molecular weight is 247 g/mol. The second-order valence-corrected chi connectivity index (χ2v) is 3.06. The summed E-state index contributed by atoms with van der Waals surface area (Å²) in [7, 11) is 0. The van der Waals surface area contributed by atoms with E-state index in [9.17, 15) is 18.4 Å². The molecule has 6 nitrogen and oxygen atoms in total. The lowest BCUT2D eigenvalue weighted by molar-refractivity contribution is -0.928.